The Morgan fingerprint density at radius 3 is 2.85 bits per heavy atom. The minimum absolute atomic E-state index is 0.164. The summed E-state index contributed by atoms with van der Waals surface area (Å²) in [7, 11) is 0. The summed E-state index contributed by atoms with van der Waals surface area (Å²) in [5.41, 5.74) is 2.64. The molecule has 1 atom stereocenters. The van der Waals surface area contributed by atoms with Gasteiger partial charge in [-0.1, -0.05) is 36.4 Å². The Labute approximate surface area is 154 Å². The van der Waals surface area contributed by atoms with Crippen molar-refractivity contribution in [3.05, 3.63) is 83.8 Å². The van der Waals surface area contributed by atoms with Gasteiger partial charge in [0.15, 0.2) is 5.65 Å². The van der Waals surface area contributed by atoms with Crippen LogP contribution in [0, 0.1) is 6.92 Å². The zero-order valence-corrected chi connectivity index (χ0v) is 14.5. The number of fused-ring (bicyclic) bond motifs is 6. The van der Waals surface area contributed by atoms with Crippen molar-refractivity contribution in [2.45, 2.75) is 12.8 Å². The molecule has 1 aliphatic heterocycles. The van der Waals surface area contributed by atoms with Gasteiger partial charge in [0.05, 0.1) is 17.7 Å². The molecule has 0 amide bonds. The van der Waals surface area contributed by atoms with Crippen LogP contribution in [-0.4, -0.2) is 19.6 Å². The highest BCUT2D eigenvalue weighted by Crippen LogP contribution is 2.50. The first-order valence-electron chi connectivity index (χ1n) is 8.74. The molecule has 0 N–H and O–H groups in total. The van der Waals surface area contributed by atoms with Crippen LogP contribution in [0.15, 0.2) is 65.5 Å². The number of aromatic nitrogens is 4. The molecule has 130 valence electrons. The van der Waals surface area contributed by atoms with Crippen LogP contribution in [0.4, 0.5) is 0 Å². The predicted octanol–water partition coefficient (Wildman–Crippen LogP) is 4.46. The van der Waals surface area contributed by atoms with Crippen LogP contribution >= 0.6 is 0 Å². The normalized spacial score (nSPS) is 15.5. The molecule has 2 aromatic carbocycles. The molecule has 0 unspecified atom stereocenters. The van der Waals surface area contributed by atoms with Crippen LogP contribution in [0.5, 0.6) is 11.6 Å². The van der Waals surface area contributed by atoms with Gasteiger partial charge in [0.2, 0.25) is 5.88 Å². The number of rotatable bonds is 1. The van der Waals surface area contributed by atoms with Gasteiger partial charge in [0.1, 0.15) is 23.7 Å². The Kier molecular flexibility index (Phi) is 2.78. The average molecular weight is 354 g/mol. The van der Waals surface area contributed by atoms with Crippen molar-refractivity contribution in [1.29, 1.82) is 0 Å². The Hall–Kier alpha value is -3.67. The minimum Gasteiger partial charge on any atom is -0.468 e. The molecule has 0 saturated heterocycles. The van der Waals surface area contributed by atoms with Crippen LogP contribution in [0.25, 0.3) is 16.4 Å². The number of aryl methyl sites for hydroxylation is 1. The van der Waals surface area contributed by atoms with E-state index < -0.39 is 0 Å². The number of hydrogen-bond donors (Lipinski definition) is 0. The Balaban J connectivity index is 1.73. The van der Waals surface area contributed by atoms with Crippen molar-refractivity contribution in [1.82, 2.24) is 19.6 Å². The molecular weight excluding hydrogens is 340 g/mol. The van der Waals surface area contributed by atoms with Gasteiger partial charge in [0.25, 0.3) is 0 Å². The molecule has 6 heteroatoms. The van der Waals surface area contributed by atoms with Gasteiger partial charge >= 0.3 is 0 Å². The van der Waals surface area contributed by atoms with Crippen molar-refractivity contribution < 1.29 is 9.15 Å². The summed E-state index contributed by atoms with van der Waals surface area (Å²) in [6.45, 7) is 1.87. The lowest BCUT2D eigenvalue weighted by molar-refractivity contribution is 0.420. The fourth-order valence-electron chi connectivity index (χ4n) is 3.90. The molecule has 0 fully saturated rings. The van der Waals surface area contributed by atoms with Crippen LogP contribution in [0.3, 0.4) is 0 Å². The van der Waals surface area contributed by atoms with Crippen LogP contribution < -0.4 is 4.74 Å². The van der Waals surface area contributed by atoms with Crippen molar-refractivity contribution in [2.75, 3.05) is 0 Å². The molecule has 0 radical (unpaired) electrons. The smallest absolute Gasteiger partial charge is 0.228 e. The quantitative estimate of drug-likeness (QED) is 0.436. The fraction of sp³-hybridized carbons (Fsp3) is 0.0952. The second-order valence-corrected chi connectivity index (χ2v) is 6.65. The maximum Gasteiger partial charge on any atom is 0.228 e. The van der Waals surface area contributed by atoms with Crippen LogP contribution in [0.1, 0.15) is 28.6 Å². The average Bonchev–Trinajstić information content (AvgIpc) is 3.35. The molecule has 1 aliphatic rings. The number of nitrogens with zero attached hydrogens (tertiary/aromatic N) is 4. The largest absolute Gasteiger partial charge is 0.468 e. The molecule has 0 spiro atoms. The first-order valence-corrected chi connectivity index (χ1v) is 8.74. The summed E-state index contributed by atoms with van der Waals surface area (Å²) in [6, 6.07) is 16.3. The first-order chi connectivity index (χ1) is 13.3. The zero-order valence-electron chi connectivity index (χ0n) is 14.5. The molecule has 5 aromatic rings. The molecular formula is C21H14N4O2. The van der Waals surface area contributed by atoms with Crippen LogP contribution in [-0.2, 0) is 0 Å². The lowest BCUT2D eigenvalue weighted by atomic mass is 9.86. The molecule has 0 aliphatic carbocycles. The summed E-state index contributed by atoms with van der Waals surface area (Å²) in [6.07, 6.45) is 3.33. The second kappa shape index (κ2) is 5.17. The monoisotopic (exact) mass is 354 g/mol. The molecule has 6 rings (SSSR count). The summed E-state index contributed by atoms with van der Waals surface area (Å²) < 4.78 is 13.8. The second-order valence-electron chi connectivity index (χ2n) is 6.65. The standard InChI is InChI=1S/C21H14N4O2/c1-12-23-20-18-17(16-7-4-10-26-16)15-9-8-13-5-2-3-6-14(13)19(15)27-21(18)22-11-25(20)24-12/h2-11,17H,1H3/t17-/m0/s1. The lowest BCUT2D eigenvalue weighted by Gasteiger charge is -2.27. The third-order valence-electron chi connectivity index (χ3n) is 5.03. The van der Waals surface area contributed by atoms with E-state index in [-0.39, 0.29) is 5.92 Å². The van der Waals surface area contributed by atoms with Gasteiger partial charge in [0, 0.05) is 10.9 Å². The first kappa shape index (κ1) is 14.5. The highest BCUT2D eigenvalue weighted by Gasteiger charge is 2.35. The molecule has 0 bridgehead atoms. The van der Waals surface area contributed by atoms with E-state index in [1.807, 2.05) is 31.2 Å². The Morgan fingerprint density at radius 1 is 1.04 bits per heavy atom. The topological polar surface area (TPSA) is 65.5 Å². The van der Waals surface area contributed by atoms with Gasteiger partial charge in [-0.05, 0) is 24.4 Å². The van der Waals surface area contributed by atoms with E-state index in [0.29, 0.717) is 11.7 Å². The van der Waals surface area contributed by atoms with E-state index in [4.69, 9.17) is 9.15 Å². The minimum atomic E-state index is -0.164. The Bertz CT molecular complexity index is 1320. The SMILES string of the molecule is Cc1nc2c3c(ncn2n1)Oc1c(ccc2ccccc12)[C@H]3c1ccco1. The molecule has 0 saturated carbocycles. The van der Waals surface area contributed by atoms with E-state index in [1.54, 1.807) is 17.1 Å². The number of hydrogen-bond acceptors (Lipinski definition) is 5. The lowest BCUT2D eigenvalue weighted by Crippen LogP contribution is -2.14. The maximum absolute atomic E-state index is 6.30. The van der Waals surface area contributed by atoms with Gasteiger partial charge in [-0.15, -0.1) is 0 Å². The summed E-state index contributed by atoms with van der Waals surface area (Å²) in [4.78, 5) is 9.14. The van der Waals surface area contributed by atoms with E-state index in [2.05, 4.69) is 39.3 Å². The van der Waals surface area contributed by atoms with Crippen LogP contribution in [0.2, 0.25) is 0 Å². The van der Waals surface area contributed by atoms with Crippen molar-refractivity contribution in [3.63, 3.8) is 0 Å². The molecule has 6 nitrogen and oxygen atoms in total. The van der Waals surface area contributed by atoms with Gasteiger partial charge in [-0.25, -0.2) is 14.5 Å². The molecule has 3 aromatic heterocycles. The van der Waals surface area contributed by atoms with Gasteiger partial charge < -0.3 is 9.15 Å². The van der Waals surface area contributed by atoms with Crippen molar-refractivity contribution in [2.24, 2.45) is 0 Å². The summed E-state index contributed by atoms with van der Waals surface area (Å²) in [5, 5.41) is 6.57. The summed E-state index contributed by atoms with van der Waals surface area (Å²) in [5.74, 6) is 2.71. The summed E-state index contributed by atoms with van der Waals surface area (Å²) >= 11 is 0. The Morgan fingerprint density at radius 2 is 1.96 bits per heavy atom. The van der Waals surface area contributed by atoms with E-state index in [0.717, 1.165) is 39.1 Å². The highest BCUT2D eigenvalue weighted by atomic mass is 16.5. The zero-order chi connectivity index (χ0) is 18.0. The van der Waals surface area contributed by atoms with Crippen molar-refractivity contribution in [3.8, 4) is 11.6 Å². The molecule has 27 heavy (non-hydrogen) atoms. The fourth-order valence-corrected chi connectivity index (χ4v) is 3.90. The van der Waals surface area contributed by atoms with E-state index >= 15 is 0 Å². The third kappa shape index (κ3) is 1.98. The van der Waals surface area contributed by atoms with Gasteiger partial charge in [-0.2, -0.15) is 5.10 Å². The van der Waals surface area contributed by atoms with Gasteiger partial charge in [-0.3, -0.25) is 0 Å². The third-order valence-corrected chi connectivity index (χ3v) is 5.03. The van der Waals surface area contributed by atoms with E-state index in [9.17, 15) is 0 Å². The van der Waals surface area contributed by atoms with E-state index in [1.165, 1.54) is 0 Å². The number of benzene rings is 2. The number of furan rings is 1. The van der Waals surface area contributed by atoms with Crippen molar-refractivity contribution >= 4 is 16.4 Å². The number of ether oxygens (including phenoxy) is 1. The maximum atomic E-state index is 6.30. The predicted molar refractivity (Wildman–Crippen MR) is 99.2 cm³/mol. The highest BCUT2D eigenvalue weighted by molar-refractivity contribution is 5.91. The molecule has 4 heterocycles.